The van der Waals surface area contributed by atoms with Gasteiger partial charge in [-0.1, -0.05) is 74.5 Å². The van der Waals surface area contributed by atoms with Gasteiger partial charge in [0.2, 0.25) is 5.91 Å². The molecule has 1 heterocycles. The smallest absolute Gasteiger partial charge is 0.251 e. The summed E-state index contributed by atoms with van der Waals surface area (Å²) in [6, 6.07) is 24.3. The number of hydrogen-bond acceptors (Lipinski definition) is 3. The lowest BCUT2D eigenvalue weighted by Crippen LogP contribution is -2.55. The number of benzene rings is 3. The Balaban J connectivity index is 1.23. The minimum absolute atomic E-state index is 0.0107. The fourth-order valence-electron chi connectivity index (χ4n) is 4.70. The van der Waals surface area contributed by atoms with Crippen molar-refractivity contribution < 1.29 is 9.59 Å². The summed E-state index contributed by atoms with van der Waals surface area (Å²) in [6.07, 6.45) is 1.20. The molecule has 2 amide bonds. The van der Waals surface area contributed by atoms with E-state index in [4.69, 9.17) is 0 Å². The van der Waals surface area contributed by atoms with Crippen molar-refractivity contribution in [2.24, 2.45) is 5.41 Å². The maximum absolute atomic E-state index is 12.6. The Morgan fingerprint density at radius 1 is 0.970 bits per heavy atom. The summed E-state index contributed by atoms with van der Waals surface area (Å²) < 4.78 is 0. The average Bonchev–Trinajstić information content (AvgIpc) is 2.81. The van der Waals surface area contributed by atoms with Crippen LogP contribution in [-0.4, -0.2) is 42.4 Å². The van der Waals surface area contributed by atoms with E-state index in [1.165, 1.54) is 5.56 Å². The zero-order chi connectivity index (χ0) is 23.3. The van der Waals surface area contributed by atoms with E-state index >= 15 is 0 Å². The van der Waals surface area contributed by atoms with Gasteiger partial charge in [0, 0.05) is 44.2 Å². The average molecular weight is 444 g/mol. The highest BCUT2D eigenvalue weighted by Gasteiger charge is 2.36. The van der Waals surface area contributed by atoms with Crippen molar-refractivity contribution in [1.82, 2.24) is 15.5 Å². The second-order valence-electron chi connectivity index (χ2n) is 9.66. The summed E-state index contributed by atoms with van der Waals surface area (Å²) >= 11 is 0. The Morgan fingerprint density at radius 2 is 1.70 bits per heavy atom. The molecule has 3 aromatic carbocycles. The summed E-state index contributed by atoms with van der Waals surface area (Å²) in [5.74, 6) is -0.161. The molecule has 5 heteroatoms. The van der Waals surface area contributed by atoms with Crippen molar-refractivity contribution in [1.29, 1.82) is 0 Å². The van der Waals surface area contributed by atoms with Crippen LogP contribution in [0.15, 0.2) is 72.8 Å². The molecular formula is C28H33N3O2. The molecule has 0 unspecified atom stereocenters. The number of hydrogen-bond donors (Lipinski definition) is 2. The second kappa shape index (κ2) is 10.2. The molecule has 0 spiro atoms. The minimum atomic E-state index is -0.150. The fraction of sp³-hybridized carbons (Fsp3) is 0.357. The van der Waals surface area contributed by atoms with Gasteiger partial charge in [-0.2, -0.15) is 0 Å². The Bertz CT molecular complexity index is 1110. The first-order valence-corrected chi connectivity index (χ1v) is 11.7. The molecule has 1 aliphatic rings. The molecule has 0 bridgehead atoms. The van der Waals surface area contributed by atoms with E-state index in [0.29, 0.717) is 12.1 Å². The zero-order valence-corrected chi connectivity index (χ0v) is 19.5. The molecule has 5 nitrogen and oxygen atoms in total. The molecule has 33 heavy (non-hydrogen) atoms. The molecule has 4 rings (SSSR count). The minimum Gasteiger partial charge on any atom is -0.353 e. The lowest BCUT2D eigenvalue weighted by Gasteiger charge is -2.44. The lowest BCUT2D eigenvalue weighted by molar-refractivity contribution is -0.123. The predicted molar refractivity (Wildman–Crippen MR) is 133 cm³/mol. The van der Waals surface area contributed by atoms with E-state index in [9.17, 15) is 9.59 Å². The maximum atomic E-state index is 12.6. The standard InChI is InChI=1S/C28H33N3O2/c1-28(2)20-31(19-21-8-4-3-5-9-21)17-15-25(28)30-26(32)14-16-29-27(33)24-13-12-22-10-6-7-11-23(22)18-24/h3-13,18,25H,14-17,19-20H2,1-2H3,(H,29,33)(H,30,32)/t25-/m0/s1. The van der Waals surface area contributed by atoms with Crippen LogP contribution in [0, 0.1) is 5.41 Å². The van der Waals surface area contributed by atoms with Crippen LogP contribution in [0.25, 0.3) is 10.8 Å². The largest absolute Gasteiger partial charge is 0.353 e. The lowest BCUT2D eigenvalue weighted by atomic mass is 9.79. The van der Waals surface area contributed by atoms with Crippen molar-refractivity contribution >= 4 is 22.6 Å². The number of fused-ring (bicyclic) bond motifs is 1. The van der Waals surface area contributed by atoms with Gasteiger partial charge in [0.15, 0.2) is 0 Å². The maximum Gasteiger partial charge on any atom is 0.251 e. The Morgan fingerprint density at radius 3 is 2.45 bits per heavy atom. The van der Waals surface area contributed by atoms with Crippen molar-refractivity contribution in [3.8, 4) is 0 Å². The van der Waals surface area contributed by atoms with Gasteiger partial charge in [-0.3, -0.25) is 14.5 Å². The summed E-state index contributed by atoms with van der Waals surface area (Å²) in [7, 11) is 0. The summed E-state index contributed by atoms with van der Waals surface area (Å²) in [5, 5.41) is 8.23. The zero-order valence-electron chi connectivity index (χ0n) is 19.5. The van der Waals surface area contributed by atoms with E-state index < -0.39 is 0 Å². The molecule has 1 atom stereocenters. The molecule has 0 saturated carbocycles. The monoisotopic (exact) mass is 443 g/mol. The number of amides is 2. The van der Waals surface area contributed by atoms with E-state index in [1.54, 1.807) is 0 Å². The number of piperidine rings is 1. The van der Waals surface area contributed by atoms with Crippen LogP contribution in [0.3, 0.4) is 0 Å². The van der Waals surface area contributed by atoms with Gasteiger partial charge in [0.1, 0.15) is 0 Å². The quantitative estimate of drug-likeness (QED) is 0.570. The first-order valence-electron chi connectivity index (χ1n) is 11.7. The first-order chi connectivity index (χ1) is 15.9. The third kappa shape index (κ3) is 5.99. The van der Waals surface area contributed by atoms with Crippen molar-refractivity contribution in [3.05, 3.63) is 83.9 Å². The first kappa shape index (κ1) is 23.0. The van der Waals surface area contributed by atoms with Crippen LogP contribution in [-0.2, 0) is 11.3 Å². The van der Waals surface area contributed by atoms with Gasteiger partial charge in [-0.05, 0) is 40.3 Å². The molecule has 2 N–H and O–H groups in total. The van der Waals surface area contributed by atoms with Gasteiger partial charge < -0.3 is 10.6 Å². The van der Waals surface area contributed by atoms with Crippen LogP contribution in [0.1, 0.15) is 42.6 Å². The molecule has 0 aromatic heterocycles. The van der Waals surface area contributed by atoms with Gasteiger partial charge in [-0.25, -0.2) is 0 Å². The van der Waals surface area contributed by atoms with E-state index in [0.717, 1.165) is 36.8 Å². The number of likely N-dealkylation sites (tertiary alicyclic amines) is 1. The van der Waals surface area contributed by atoms with Crippen LogP contribution in [0.5, 0.6) is 0 Å². The van der Waals surface area contributed by atoms with E-state index in [-0.39, 0.29) is 29.7 Å². The number of carbonyl (C=O) groups is 2. The molecule has 1 aliphatic heterocycles. The molecule has 3 aromatic rings. The number of nitrogens with zero attached hydrogens (tertiary/aromatic N) is 1. The van der Waals surface area contributed by atoms with Gasteiger partial charge >= 0.3 is 0 Å². The van der Waals surface area contributed by atoms with Crippen LogP contribution in [0.2, 0.25) is 0 Å². The third-order valence-electron chi connectivity index (χ3n) is 6.54. The molecule has 1 fully saturated rings. The summed E-state index contributed by atoms with van der Waals surface area (Å²) in [4.78, 5) is 27.5. The van der Waals surface area contributed by atoms with Crippen molar-refractivity contribution in [2.75, 3.05) is 19.6 Å². The highest BCUT2D eigenvalue weighted by Crippen LogP contribution is 2.30. The normalized spacial score (nSPS) is 18.1. The van der Waals surface area contributed by atoms with Gasteiger partial charge in [0.05, 0.1) is 0 Å². The Labute approximate surface area is 196 Å². The SMILES string of the molecule is CC1(C)CN(Cc2ccccc2)CC[C@@H]1NC(=O)CCNC(=O)c1ccc2ccccc2c1. The topological polar surface area (TPSA) is 61.4 Å². The summed E-state index contributed by atoms with van der Waals surface area (Å²) in [6.45, 7) is 7.59. The highest BCUT2D eigenvalue weighted by molar-refractivity contribution is 5.98. The molecular weight excluding hydrogens is 410 g/mol. The molecule has 1 saturated heterocycles. The van der Waals surface area contributed by atoms with Crippen molar-refractivity contribution in [3.63, 3.8) is 0 Å². The van der Waals surface area contributed by atoms with Crippen LogP contribution in [0.4, 0.5) is 0 Å². The second-order valence-corrected chi connectivity index (χ2v) is 9.66. The number of carbonyl (C=O) groups excluding carboxylic acids is 2. The van der Waals surface area contributed by atoms with Crippen molar-refractivity contribution in [2.45, 2.75) is 39.3 Å². The van der Waals surface area contributed by atoms with Crippen LogP contribution < -0.4 is 10.6 Å². The summed E-state index contributed by atoms with van der Waals surface area (Å²) in [5.41, 5.74) is 1.91. The van der Waals surface area contributed by atoms with Crippen LogP contribution >= 0.6 is 0 Å². The van der Waals surface area contributed by atoms with Gasteiger partial charge in [-0.15, -0.1) is 0 Å². The number of nitrogens with one attached hydrogen (secondary N) is 2. The van der Waals surface area contributed by atoms with E-state index in [1.807, 2.05) is 48.5 Å². The third-order valence-corrected chi connectivity index (χ3v) is 6.54. The predicted octanol–water partition coefficient (Wildman–Crippen LogP) is 4.38. The highest BCUT2D eigenvalue weighted by atomic mass is 16.2. The molecule has 172 valence electrons. The van der Waals surface area contributed by atoms with E-state index in [2.05, 4.69) is 53.6 Å². The number of rotatable bonds is 7. The molecule has 0 aliphatic carbocycles. The Hall–Kier alpha value is -3.18. The molecule has 0 radical (unpaired) electrons. The fourth-order valence-corrected chi connectivity index (χ4v) is 4.70. The van der Waals surface area contributed by atoms with Gasteiger partial charge in [0.25, 0.3) is 5.91 Å². The Kier molecular flexibility index (Phi) is 7.09.